The normalized spacial score (nSPS) is 9.86. The van der Waals surface area contributed by atoms with E-state index >= 15 is 0 Å². The molecular weight excluding hydrogens is 631 g/mol. The molecule has 43 heavy (non-hydrogen) atoms. The van der Waals surface area contributed by atoms with E-state index in [2.05, 4.69) is 11.1 Å². The third-order valence-electron chi connectivity index (χ3n) is 5.20. The van der Waals surface area contributed by atoms with Crippen LogP contribution in [0.5, 0.6) is 11.5 Å². The van der Waals surface area contributed by atoms with Crippen LogP contribution in [0.2, 0.25) is 0 Å². The van der Waals surface area contributed by atoms with E-state index < -0.39 is 26.3 Å². The van der Waals surface area contributed by atoms with Crippen LogP contribution in [0.1, 0.15) is 92.7 Å². The summed E-state index contributed by atoms with van der Waals surface area (Å²) in [4.78, 5) is 0. The van der Waals surface area contributed by atoms with E-state index in [1.807, 2.05) is 43.3 Å². The summed E-state index contributed by atoms with van der Waals surface area (Å²) in [5.41, 5.74) is 2.36. The molecular formula is C30H54KNaO9S2. The average Bonchev–Trinajstić information content (AvgIpc) is 2.82. The molecule has 2 aromatic carbocycles. The van der Waals surface area contributed by atoms with E-state index in [-0.39, 0.29) is 130 Å². The van der Waals surface area contributed by atoms with Crippen molar-refractivity contribution in [2.24, 2.45) is 0 Å². The van der Waals surface area contributed by atoms with Crippen molar-refractivity contribution in [1.82, 2.24) is 0 Å². The van der Waals surface area contributed by atoms with Crippen LogP contribution in [0.15, 0.2) is 48.5 Å². The molecule has 0 amide bonds. The van der Waals surface area contributed by atoms with Gasteiger partial charge in [-0.1, -0.05) is 105 Å². The number of ether oxygens (including phenoxy) is 2. The van der Waals surface area contributed by atoms with E-state index in [0.29, 0.717) is 11.5 Å². The Morgan fingerprint density at radius 1 is 0.651 bits per heavy atom. The number of aryl methyl sites for hydroxylation is 2. The molecule has 0 aromatic heterocycles. The topological polar surface area (TPSA) is 142 Å². The Hall–Kier alpha value is 0.456. The Morgan fingerprint density at radius 2 is 1.09 bits per heavy atom. The van der Waals surface area contributed by atoms with E-state index in [0.717, 1.165) is 12.0 Å². The van der Waals surface area contributed by atoms with E-state index in [1.54, 1.807) is 12.1 Å². The molecule has 0 aliphatic carbocycles. The van der Waals surface area contributed by atoms with Gasteiger partial charge < -0.3 is 18.6 Å². The molecule has 0 bridgehead atoms. The quantitative estimate of drug-likeness (QED) is 0.104. The fourth-order valence-electron chi connectivity index (χ4n) is 3.23. The van der Waals surface area contributed by atoms with E-state index in [9.17, 15) is 25.9 Å². The van der Waals surface area contributed by atoms with Crippen molar-refractivity contribution in [2.45, 2.75) is 94.9 Å². The molecule has 0 fully saturated rings. The molecule has 2 aromatic rings. The van der Waals surface area contributed by atoms with Crippen molar-refractivity contribution >= 4 is 20.5 Å². The van der Waals surface area contributed by atoms with Crippen molar-refractivity contribution in [1.29, 1.82) is 0 Å². The Morgan fingerprint density at radius 3 is 1.56 bits per heavy atom. The fraction of sp³-hybridized carbons (Fsp3) is 0.600. The second kappa shape index (κ2) is 32.4. The molecule has 0 N–H and O–H groups in total. The third kappa shape index (κ3) is 35.2. The molecule has 13 heteroatoms. The minimum atomic E-state index is -4.64. The molecule has 2 rings (SSSR count). The predicted molar refractivity (Wildman–Crippen MR) is 167 cm³/mol. The largest absolute Gasteiger partial charge is 1.00 e. The number of unbranched alkanes of at least 4 members (excludes halogenated alkanes) is 6. The minimum Gasteiger partial charge on any atom is -0.748 e. The van der Waals surface area contributed by atoms with Gasteiger partial charge in [-0.2, -0.15) is 0 Å². The van der Waals surface area contributed by atoms with Gasteiger partial charge in [-0.25, -0.2) is 16.8 Å². The summed E-state index contributed by atoms with van der Waals surface area (Å²) in [5, 5.41) is 0. The molecule has 0 spiro atoms. The van der Waals surface area contributed by atoms with Crippen LogP contribution in [0.3, 0.4) is 0 Å². The summed E-state index contributed by atoms with van der Waals surface area (Å²) in [6.07, 6.45) is 10.1. The van der Waals surface area contributed by atoms with Crippen molar-refractivity contribution in [3.63, 3.8) is 0 Å². The monoisotopic (exact) mass is 684 g/mol. The van der Waals surface area contributed by atoms with Crippen LogP contribution in [0.4, 0.5) is 0 Å². The predicted octanol–water partition coefficient (Wildman–Crippen LogP) is 1.31. The molecule has 242 valence electrons. The van der Waals surface area contributed by atoms with Crippen molar-refractivity contribution in [3.8, 4) is 11.5 Å². The Balaban J connectivity index is -0.000000151. The fourth-order valence-corrected chi connectivity index (χ4v) is 3.79. The summed E-state index contributed by atoms with van der Waals surface area (Å²) in [6, 6.07) is 14.9. The number of hydrogen-bond acceptors (Lipinski definition) is 9. The molecule has 9 nitrogen and oxygen atoms in total. The molecule has 0 unspecified atom stereocenters. The van der Waals surface area contributed by atoms with Gasteiger partial charge >= 0.3 is 80.9 Å². The Bertz CT molecular complexity index is 1080. The van der Waals surface area contributed by atoms with Gasteiger partial charge in [0.1, 0.15) is 24.7 Å². The second-order valence-corrected chi connectivity index (χ2v) is 11.1. The zero-order chi connectivity index (χ0) is 27.6. The number of hydrogen-bond donors (Lipinski definition) is 0. The van der Waals surface area contributed by atoms with Crippen LogP contribution in [0, 0.1) is 6.92 Å². The molecule has 0 aliphatic heterocycles. The molecule has 0 saturated carbocycles. The Kier molecular flexibility index (Phi) is 42.1. The van der Waals surface area contributed by atoms with Crippen LogP contribution < -0.4 is 90.4 Å². The maximum absolute atomic E-state index is 10.3. The van der Waals surface area contributed by atoms with Crippen LogP contribution in [0.25, 0.3) is 0 Å². The first-order valence-corrected chi connectivity index (χ1v) is 15.3. The molecule has 0 heterocycles. The van der Waals surface area contributed by atoms with Gasteiger partial charge in [0.05, 0.1) is 22.5 Å². The third-order valence-corrected chi connectivity index (χ3v) is 6.32. The van der Waals surface area contributed by atoms with Crippen molar-refractivity contribution < 1.29 is 121 Å². The van der Waals surface area contributed by atoms with Gasteiger partial charge in [-0.15, -0.1) is 0 Å². The van der Waals surface area contributed by atoms with Gasteiger partial charge in [-0.05, 0) is 49.6 Å². The van der Waals surface area contributed by atoms with E-state index in [4.69, 9.17) is 9.47 Å². The maximum atomic E-state index is 10.3. The summed E-state index contributed by atoms with van der Waals surface area (Å²) in [6.45, 7) is 3.82. The molecule has 0 aliphatic rings. The standard InChI is InChI=1S/C17H28O5S.C9H12O4S.4CH4.K.Na/c1-2-3-4-5-6-7-8-9-16-10-12-17(13-11-16)21-14-15-22-23(18,19)20;1-8-2-4-9(5-3-8)13-6-7-14(10,11)12;;;;;;/h10-13H,2-9,14-15H2,1H3,(H,18,19,20);2-5H,6-7H2,1H3,(H,10,11,12);4*1H4;;/q;;;;;;2*+1/p-2. The molecule has 0 atom stereocenters. The first kappa shape index (κ1) is 55.8. The zero-order valence-corrected chi connectivity index (χ0v) is 30.4. The second-order valence-electron chi connectivity index (χ2n) is 8.52. The Labute approximate surface area is 328 Å². The maximum Gasteiger partial charge on any atom is 1.00 e. The first-order chi connectivity index (χ1) is 17.5. The smallest absolute Gasteiger partial charge is 0.748 e. The first-order valence-electron chi connectivity index (χ1n) is 12.4. The van der Waals surface area contributed by atoms with Crippen LogP contribution >= 0.6 is 0 Å². The zero-order valence-electron chi connectivity index (χ0n) is 23.6. The van der Waals surface area contributed by atoms with Gasteiger partial charge in [0.15, 0.2) is 0 Å². The van der Waals surface area contributed by atoms with Crippen LogP contribution in [-0.4, -0.2) is 51.5 Å². The summed E-state index contributed by atoms with van der Waals surface area (Å²) in [7, 11) is -8.81. The van der Waals surface area contributed by atoms with Crippen LogP contribution in [-0.2, 0) is 31.1 Å². The number of rotatable bonds is 17. The minimum absolute atomic E-state index is 0. The van der Waals surface area contributed by atoms with Gasteiger partial charge in [0.25, 0.3) is 0 Å². The van der Waals surface area contributed by atoms with Crippen molar-refractivity contribution in [3.05, 3.63) is 59.7 Å². The summed E-state index contributed by atoms with van der Waals surface area (Å²) < 4.78 is 75.9. The average molecular weight is 685 g/mol. The van der Waals surface area contributed by atoms with Gasteiger partial charge in [-0.3, -0.25) is 4.18 Å². The molecule has 0 saturated heterocycles. The van der Waals surface area contributed by atoms with E-state index in [1.165, 1.54) is 50.5 Å². The van der Waals surface area contributed by atoms with Gasteiger partial charge in [0.2, 0.25) is 10.4 Å². The SMILES string of the molecule is C.C.C.C.CCCCCCCCCc1ccc(OCCOS(=O)(=O)[O-])cc1.Cc1ccc(OCCS(=O)(=O)[O-])cc1.[K+].[Na+]. The number of benzene rings is 2. The molecule has 0 radical (unpaired) electrons. The summed E-state index contributed by atoms with van der Waals surface area (Å²) in [5.74, 6) is 0.709. The van der Waals surface area contributed by atoms with Crippen molar-refractivity contribution in [2.75, 3.05) is 25.6 Å². The summed E-state index contributed by atoms with van der Waals surface area (Å²) >= 11 is 0. The van der Waals surface area contributed by atoms with Gasteiger partial charge in [0, 0.05) is 0 Å².